The third-order valence-corrected chi connectivity index (χ3v) is 7.90. The Hall–Kier alpha value is -4.10. The number of aromatic nitrogens is 5. The zero-order chi connectivity index (χ0) is 25.3. The largest absolute Gasteiger partial charge is 0.435 e. The van der Waals surface area contributed by atoms with Crippen molar-refractivity contribution in [2.45, 2.75) is 39.5 Å². The van der Waals surface area contributed by atoms with E-state index in [1.807, 2.05) is 11.6 Å². The summed E-state index contributed by atoms with van der Waals surface area (Å²) in [6.07, 6.45) is 3.37. The molecule has 0 saturated carbocycles. The van der Waals surface area contributed by atoms with E-state index < -0.39 is 0 Å². The number of hydrogen-bond donors (Lipinski definition) is 0. The second-order valence-corrected chi connectivity index (χ2v) is 10.8. The van der Waals surface area contributed by atoms with E-state index in [1.54, 1.807) is 23.7 Å². The van der Waals surface area contributed by atoms with E-state index in [9.17, 15) is 0 Å². The predicted molar refractivity (Wildman–Crippen MR) is 151 cm³/mol. The molecule has 7 aromatic rings. The average Bonchev–Trinajstić information content (AvgIpc) is 3.62. The number of thiazole rings is 1. The first-order chi connectivity index (χ1) is 18.0. The molecule has 182 valence electrons. The van der Waals surface area contributed by atoms with Gasteiger partial charge in [0.05, 0.1) is 43.4 Å². The zero-order valence-electron chi connectivity index (χ0n) is 21.1. The van der Waals surface area contributed by atoms with Crippen molar-refractivity contribution in [2.75, 3.05) is 0 Å². The monoisotopic (exact) mass is 503 g/mol. The van der Waals surface area contributed by atoms with Gasteiger partial charge in [0.1, 0.15) is 11.3 Å². The maximum absolute atomic E-state index is 6.41. The van der Waals surface area contributed by atoms with Gasteiger partial charge in [-0.1, -0.05) is 58.0 Å². The first kappa shape index (κ1) is 22.1. The first-order valence-corrected chi connectivity index (χ1v) is 13.4. The zero-order valence-corrected chi connectivity index (χ0v) is 21.9. The second kappa shape index (κ2) is 8.21. The fraction of sp³-hybridized carbons (Fsp3) is 0.200. The van der Waals surface area contributed by atoms with Crippen LogP contribution in [0.1, 0.15) is 50.7 Å². The Labute approximate surface area is 217 Å². The molecule has 4 aromatic heterocycles. The van der Waals surface area contributed by atoms with E-state index in [-0.39, 0.29) is 0 Å². The molecule has 0 unspecified atom stereocenters. The van der Waals surface area contributed by atoms with Gasteiger partial charge in [0, 0.05) is 12.4 Å². The van der Waals surface area contributed by atoms with Crippen LogP contribution in [0.4, 0.5) is 0 Å². The fourth-order valence-electron chi connectivity index (χ4n) is 5.34. The quantitative estimate of drug-likeness (QED) is 0.242. The minimum absolute atomic E-state index is 0.336. The van der Waals surface area contributed by atoms with Crippen molar-refractivity contribution >= 4 is 54.8 Å². The van der Waals surface area contributed by atoms with E-state index in [0.717, 1.165) is 49.1 Å². The fourth-order valence-corrected chi connectivity index (χ4v) is 6.15. The van der Waals surface area contributed by atoms with Crippen LogP contribution in [0.3, 0.4) is 0 Å². The first-order valence-electron chi connectivity index (χ1n) is 12.5. The maximum atomic E-state index is 6.41. The van der Waals surface area contributed by atoms with Gasteiger partial charge in [-0.2, -0.15) is 0 Å². The average molecular weight is 504 g/mol. The number of imidazole rings is 1. The number of fused-ring (bicyclic) bond motifs is 6. The lowest BCUT2D eigenvalue weighted by molar-refractivity contribution is 0.653. The molecule has 0 amide bonds. The molecule has 37 heavy (non-hydrogen) atoms. The van der Waals surface area contributed by atoms with Crippen molar-refractivity contribution in [3.63, 3.8) is 0 Å². The van der Waals surface area contributed by atoms with Gasteiger partial charge in [-0.3, -0.25) is 4.57 Å². The summed E-state index contributed by atoms with van der Waals surface area (Å²) in [6.45, 7) is 8.99. The molecular formula is C30H25N5OS. The van der Waals surface area contributed by atoms with E-state index in [1.165, 1.54) is 16.8 Å². The normalized spacial score (nSPS) is 12.3. The lowest BCUT2D eigenvalue weighted by Gasteiger charge is -2.22. The molecule has 0 radical (unpaired) electrons. The third kappa shape index (κ3) is 3.23. The molecule has 0 spiro atoms. The molecule has 4 heterocycles. The van der Waals surface area contributed by atoms with Gasteiger partial charge in [0.15, 0.2) is 5.58 Å². The molecule has 0 aliphatic heterocycles. The topological polar surface area (TPSA) is 69.6 Å². The molecule has 0 aliphatic carbocycles. The Morgan fingerprint density at radius 1 is 0.838 bits per heavy atom. The lowest BCUT2D eigenvalue weighted by Crippen LogP contribution is -2.08. The van der Waals surface area contributed by atoms with Crippen molar-refractivity contribution in [1.29, 1.82) is 0 Å². The smallest absolute Gasteiger partial charge is 0.246 e. The van der Waals surface area contributed by atoms with Crippen LogP contribution >= 0.6 is 11.3 Å². The van der Waals surface area contributed by atoms with Crippen molar-refractivity contribution in [2.24, 2.45) is 0 Å². The number of nitrogens with zero attached hydrogens (tertiary/aromatic N) is 5. The van der Waals surface area contributed by atoms with Gasteiger partial charge in [-0.05, 0) is 41.2 Å². The summed E-state index contributed by atoms with van der Waals surface area (Å²) in [5.41, 5.74) is 11.4. The van der Waals surface area contributed by atoms with Crippen molar-refractivity contribution in [3.8, 4) is 17.1 Å². The summed E-state index contributed by atoms with van der Waals surface area (Å²) >= 11 is 1.59. The SMILES string of the molecule is CC(C)c1cccc(C(C)C)c1-n1c(-c2cc3ncsc3c3c2oc2nccnc23)nc2ccccc21. The number of benzene rings is 3. The van der Waals surface area contributed by atoms with Crippen LogP contribution in [-0.2, 0) is 0 Å². The summed E-state index contributed by atoms with van der Waals surface area (Å²) in [5.74, 6) is 1.50. The number of para-hydroxylation sites is 3. The minimum Gasteiger partial charge on any atom is -0.435 e. The molecule has 6 nitrogen and oxygen atoms in total. The van der Waals surface area contributed by atoms with Crippen LogP contribution in [0, 0.1) is 0 Å². The molecule has 7 rings (SSSR count). The van der Waals surface area contributed by atoms with Crippen molar-refractivity contribution in [1.82, 2.24) is 24.5 Å². The van der Waals surface area contributed by atoms with Gasteiger partial charge < -0.3 is 4.42 Å². The molecular weight excluding hydrogens is 478 g/mol. The summed E-state index contributed by atoms with van der Waals surface area (Å²) in [4.78, 5) is 19.0. The highest BCUT2D eigenvalue weighted by molar-refractivity contribution is 7.18. The molecule has 0 bridgehead atoms. The van der Waals surface area contributed by atoms with Crippen molar-refractivity contribution in [3.05, 3.63) is 77.6 Å². The van der Waals surface area contributed by atoms with Crippen LogP contribution in [0.5, 0.6) is 0 Å². The second-order valence-electron chi connectivity index (χ2n) is 10.00. The maximum Gasteiger partial charge on any atom is 0.246 e. The molecule has 7 heteroatoms. The van der Waals surface area contributed by atoms with E-state index in [4.69, 9.17) is 9.40 Å². The van der Waals surface area contributed by atoms with E-state index >= 15 is 0 Å². The standard InChI is InChI=1S/C30H25N5OS/c1-16(2)18-8-7-9-19(17(3)4)26(18)35-23-11-6-5-10-21(23)34-29(35)20-14-22-28(37-15-33-22)24-25-30(36-27(20)24)32-13-12-31-25/h5-17H,1-4H3. The number of rotatable bonds is 4. The Kier molecular flexibility index (Phi) is 4.91. The molecule has 0 atom stereocenters. The Bertz CT molecular complexity index is 1930. The number of hydrogen-bond acceptors (Lipinski definition) is 6. The molecule has 0 saturated heterocycles. The summed E-state index contributed by atoms with van der Waals surface area (Å²) in [6, 6.07) is 17.1. The highest BCUT2D eigenvalue weighted by Gasteiger charge is 2.26. The highest BCUT2D eigenvalue weighted by Crippen LogP contribution is 2.43. The highest BCUT2D eigenvalue weighted by atomic mass is 32.1. The van der Waals surface area contributed by atoms with Gasteiger partial charge >= 0.3 is 0 Å². The Morgan fingerprint density at radius 2 is 1.59 bits per heavy atom. The van der Waals surface area contributed by atoms with E-state index in [0.29, 0.717) is 17.5 Å². The summed E-state index contributed by atoms with van der Waals surface area (Å²) in [5, 5.41) is 0.943. The third-order valence-electron chi connectivity index (χ3n) is 7.04. The Balaban J connectivity index is 1.68. The molecule has 0 fully saturated rings. The molecule has 3 aromatic carbocycles. The predicted octanol–water partition coefficient (Wildman–Crippen LogP) is 8.24. The van der Waals surface area contributed by atoms with E-state index in [2.05, 4.69) is 89.7 Å². The van der Waals surface area contributed by atoms with Gasteiger partial charge in [0.2, 0.25) is 5.71 Å². The summed E-state index contributed by atoms with van der Waals surface area (Å²) < 4.78 is 9.78. The minimum atomic E-state index is 0.336. The van der Waals surface area contributed by atoms with Crippen LogP contribution < -0.4 is 0 Å². The number of furan rings is 1. The Morgan fingerprint density at radius 3 is 2.38 bits per heavy atom. The van der Waals surface area contributed by atoms with Gasteiger partial charge in [-0.25, -0.2) is 19.9 Å². The van der Waals surface area contributed by atoms with Crippen LogP contribution in [0.2, 0.25) is 0 Å². The van der Waals surface area contributed by atoms with Crippen LogP contribution in [0.25, 0.3) is 60.5 Å². The summed E-state index contributed by atoms with van der Waals surface area (Å²) in [7, 11) is 0. The van der Waals surface area contributed by atoms with Gasteiger partial charge in [0.25, 0.3) is 0 Å². The van der Waals surface area contributed by atoms with Gasteiger partial charge in [-0.15, -0.1) is 11.3 Å². The molecule has 0 N–H and O–H groups in total. The molecule has 0 aliphatic rings. The lowest BCUT2D eigenvalue weighted by atomic mass is 9.92. The van der Waals surface area contributed by atoms with Crippen molar-refractivity contribution < 1.29 is 4.42 Å². The van der Waals surface area contributed by atoms with Crippen LogP contribution in [-0.4, -0.2) is 24.5 Å². The van der Waals surface area contributed by atoms with Crippen LogP contribution in [0.15, 0.2) is 70.9 Å².